The Morgan fingerprint density at radius 1 is 1.29 bits per heavy atom. The van der Waals surface area contributed by atoms with Crippen molar-refractivity contribution in [1.82, 2.24) is 5.32 Å². The molecule has 1 aromatic carbocycles. The van der Waals surface area contributed by atoms with E-state index in [0.717, 1.165) is 5.56 Å². The highest BCUT2D eigenvalue weighted by atomic mass is 16.2. The highest BCUT2D eigenvalue weighted by molar-refractivity contribution is 6.08. The number of rotatable bonds is 2. The lowest BCUT2D eigenvalue weighted by Crippen LogP contribution is -2.21. The summed E-state index contributed by atoms with van der Waals surface area (Å²) in [4.78, 5) is 22.8. The Bertz CT molecular complexity index is 383. The van der Waals surface area contributed by atoms with Crippen molar-refractivity contribution in [2.24, 2.45) is 0 Å². The molecule has 14 heavy (non-hydrogen) atoms. The smallest absolute Gasteiger partial charge is 0.251 e. The summed E-state index contributed by atoms with van der Waals surface area (Å²) in [7, 11) is 1.55. The van der Waals surface area contributed by atoms with Gasteiger partial charge in [0.25, 0.3) is 5.91 Å². The van der Waals surface area contributed by atoms with E-state index in [1.807, 2.05) is 13.0 Å². The highest BCUT2D eigenvalue weighted by Gasteiger charge is 2.14. The summed E-state index contributed by atoms with van der Waals surface area (Å²) in [6.45, 7) is 3.29. The summed E-state index contributed by atoms with van der Waals surface area (Å²) in [6, 6.07) is 5.25. The summed E-state index contributed by atoms with van der Waals surface area (Å²) in [5, 5.41) is 2.51. The molecule has 0 aliphatic carbocycles. The Kier molecular flexibility index (Phi) is 3.02. The van der Waals surface area contributed by atoms with E-state index in [9.17, 15) is 9.59 Å². The zero-order valence-electron chi connectivity index (χ0n) is 8.55. The van der Waals surface area contributed by atoms with Gasteiger partial charge in [-0.1, -0.05) is 12.1 Å². The second-order valence-corrected chi connectivity index (χ2v) is 3.13. The number of carbonyl (C=O) groups is 2. The van der Waals surface area contributed by atoms with Gasteiger partial charge in [-0.25, -0.2) is 0 Å². The average Bonchev–Trinajstić information content (AvgIpc) is 2.15. The molecule has 0 unspecified atom stereocenters. The molecule has 0 heterocycles. The number of benzene rings is 1. The van der Waals surface area contributed by atoms with E-state index in [4.69, 9.17) is 0 Å². The molecule has 0 aliphatic heterocycles. The molecule has 0 saturated carbocycles. The number of carbonyl (C=O) groups excluding carboxylic acids is 2. The van der Waals surface area contributed by atoms with Crippen LogP contribution in [-0.4, -0.2) is 18.7 Å². The number of hydrogen-bond donors (Lipinski definition) is 1. The molecule has 0 radical (unpaired) electrons. The molecule has 1 aromatic rings. The van der Waals surface area contributed by atoms with Crippen LogP contribution < -0.4 is 5.32 Å². The molecule has 0 bridgehead atoms. The quantitative estimate of drug-likeness (QED) is 0.721. The third-order valence-corrected chi connectivity index (χ3v) is 2.10. The number of amides is 1. The first-order valence-electron chi connectivity index (χ1n) is 4.40. The predicted molar refractivity (Wildman–Crippen MR) is 54.6 cm³/mol. The third-order valence-electron chi connectivity index (χ3n) is 2.10. The standard InChI is InChI=1S/C11H13NO2/c1-7-5-4-6-9(11(14)12-3)10(7)8(2)13/h4-6H,1-3H3,(H,12,14). The normalized spacial score (nSPS) is 9.64. The van der Waals surface area contributed by atoms with Crippen LogP contribution in [0.5, 0.6) is 0 Å². The third kappa shape index (κ3) is 1.82. The fourth-order valence-electron chi connectivity index (χ4n) is 1.46. The monoisotopic (exact) mass is 191 g/mol. The van der Waals surface area contributed by atoms with Crippen molar-refractivity contribution in [2.75, 3.05) is 7.05 Å². The van der Waals surface area contributed by atoms with Crippen LogP contribution >= 0.6 is 0 Å². The molecule has 0 aliphatic rings. The molecule has 0 fully saturated rings. The molecule has 1 N–H and O–H groups in total. The van der Waals surface area contributed by atoms with E-state index in [-0.39, 0.29) is 11.7 Å². The van der Waals surface area contributed by atoms with Crippen LogP contribution in [0.3, 0.4) is 0 Å². The van der Waals surface area contributed by atoms with Gasteiger partial charge in [0.2, 0.25) is 0 Å². The van der Waals surface area contributed by atoms with Crippen LogP contribution in [0, 0.1) is 6.92 Å². The first kappa shape index (κ1) is 10.4. The number of Topliss-reactive ketones (excluding diaryl/α,β-unsaturated/α-hetero) is 1. The van der Waals surface area contributed by atoms with Gasteiger partial charge < -0.3 is 5.32 Å². The van der Waals surface area contributed by atoms with Crippen LogP contribution in [0.1, 0.15) is 33.2 Å². The van der Waals surface area contributed by atoms with Crippen LogP contribution in [-0.2, 0) is 0 Å². The van der Waals surface area contributed by atoms with Crippen molar-refractivity contribution in [1.29, 1.82) is 0 Å². The molecular formula is C11H13NO2. The molecule has 74 valence electrons. The van der Waals surface area contributed by atoms with Crippen molar-refractivity contribution in [3.63, 3.8) is 0 Å². The van der Waals surface area contributed by atoms with Crippen molar-refractivity contribution in [2.45, 2.75) is 13.8 Å². The van der Waals surface area contributed by atoms with Crippen LogP contribution in [0.25, 0.3) is 0 Å². The Morgan fingerprint density at radius 2 is 1.93 bits per heavy atom. The van der Waals surface area contributed by atoms with Crippen molar-refractivity contribution in [3.05, 3.63) is 34.9 Å². The highest BCUT2D eigenvalue weighted by Crippen LogP contribution is 2.14. The maximum absolute atomic E-state index is 11.4. The van der Waals surface area contributed by atoms with E-state index < -0.39 is 0 Å². The summed E-state index contributed by atoms with van der Waals surface area (Å²) < 4.78 is 0. The van der Waals surface area contributed by atoms with Gasteiger partial charge in [0.15, 0.2) is 5.78 Å². The van der Waals surface area contributed by atoms with Gasteiger partial charge in [-0.3, -0.25) is 9.59 Å². The molecular weight excluding hydrogens is 178 g/mol. The fourth-order valence-corrected chi connectivity index (χ4v) is 1.46. The zero-order valence-corrected chi connectivity index (χ0v) is 8.55. The minimum Gasteiger partial charge on any atom is -0.355 e. The van der Waals surface area contributed by atoms with Gasteiger partial charge in [0.1, 0.15) is 0 Å². The first-order chi connectivity index (χ1) is 6.57. The first-order valence-corrected chi connectivity index (χ1v) is 4.40. The minimum absolute atomic E-state index is 0.0818. The topological polar surface area (TPSA) is 46.2 Å². The number of nitrogens with one attached hydrogen (secondary N) is 1. The van der Waals surface area contributed by atoms with Gasteiger partial charge in [-0.15, -0.1) is 0 Å². The van der Waals surface area contributed by atoms with Gasteiger partial charge in [0, 0.05) is 12.6 Å². The maximum atomic E-state index is 11.4. The van der Waals surface area contributed by atoms with Gasteiger partial charge >= 0.3 is 0 Å². The summed E-state index contributed by atoms with van der Waals surface area (Å²) in [6.07, 6.45) is 0. The second-order valence-electron chi connectivity index (χ2n) is 3.13. The Morgan fingerprint density at radius 3 is 2.43 bits per heavy atom. The van der Waals surface area contributed by atoms with E-state index in [2.05, 4.69) is 5.32 Å². The van der Waals surface area contributed by atoms with Gasteiger partial charge in [-0.2, -0.15) is 0 Å². The summed E-state index contributed by atoms with van der Waals surface area (Å²) in [5.74, 6) is -0.305. The van der Waals surface area contributed by atoms with Crippen LogP contribution in [0.4, 0.5) is 0 Å². The largest absolute Gasteiger partial charge is 0.355 e. The van der Waals surface area contributed by atoms with Crippen molar-refractivity contribution in [3.8, 4) is 0 Å². The number of hydrogen-bond acceptors (Lipinski definition) is 2. The van der Waals surface area contributed by atoms with E-state index in [0.29, 0.717) is 11.1 Å². The molecule has 0 saturated heterocycles. The Labute approximate surface area is 83.1 Å². The van der Waals surface area contributed by atoms with E-state index in [1.165, 1.54) is 6.92 Å². The SMILES string of the molecule is CNC(=O)c1cccc(C)c1C(C)=O. The lowest BCUT2D eigenvalue weighted by atomic mass is 9.98. The molecule has 3 nitrogen and oxygen atoms in total. The molecule has 0 spiro atoms. The predicted octanol–water partition coefficient (Wildman–Crippen LogP) is 1.56. The summed E-state index contributed by atoms with van der Waals surface area (Å²) in [5.41, 5.74) is 1.78. The summed E-state index contributed by atoms with van der Waals surface area (Å²) >= 11 is 0. The van der Waals surface area contributed by atoms with Crippen LogP contribution in [0.15, 0.2) is 18.2 Å². The fraction of sp³-hybridized carbons (Fsp3) is 0.273. The van der Waals surface area contributed by atoms with Gasteiger partial charge in [0.05, 0.1) is 5.56 Å². The Hall–Kier alpha value is -1.64. The molecule has 0 atom stereocenters. The number of aryl methyl sites for hydroxylation is 1. The second kappa shape index (κ2) is 4.05. The molecule has 1 amide bonds. The maximum Gasteiger partial charge on any atom is 0.251 e. The zero-order chi connectivity index (χ0) is 10.7. The van der Waals surface area contributed by atoms with E-state index >= 15 is 0 Å². The lowest BCUT2D eigenvalue weighted by molar-refractivity contribution is 0.0946. The lowest BCUT2D eigenvalue weighted by Gasteiger charge is -2.07. The van der Waals surface area contributed by atoms with Gasteiger partial charge in [-0.05, 0) is 25.5 Å². The molecule has 3 heteroatoms. The van der Waals surface area contributed by atoms with Crippen molar-refractivity contribution >= 4 is 11.7 Å². The number of ketones is 1. The minimum atomic E-state index is -0.223. The Balaban J connectivity index is 3.35. The van der Waals surface area contributed by atoms with E-state index in [1.54, 1.807) is 19.2 Å². The van der Waals surface area contributed by atoms with Crippen molar-refractivity contribution < 1.29 is 9.59 Å². The molecule has 1 rings (SSSR count). The van der Waals surface area contributed by atoms with Crippen LogP contribution in [0.2, 0.25) is 0 Å². The molecule has 0 aromatic heterocycles. The average molecular weight is 191 g/mol.